The van der Waals surface area contributed by atoms with Gasteiger partial charge in [0.15, 0.2) is 0 Å². The highest BCUT2D eigenvalue weighted by Gasteiger charge is 2.11. The fourth-order valence-corrected chi connectivity index (χ4v) is 3.28. The summed E-state index contributed by atoms with van der Waals surface area (Å²) in [6, 6.07) is 16.8. The van der Waals surface area contributed by atoms with Crippen molar-refractivity contribution in [2.75, 3.05) is 7.11 Å². The zero-order chi connectivity index (χ0) is 13.9. The van der Waals surface area contributed by atoms with Crippen LogP contribution in [0, 0.1) is 0 Å². The molecule has 0 radical (unpaired) electrons. The Bertz CT molecular complexity index is 772. The second kappa shape index (κ2) is 5.43. The Kier molecular flexibility index (Phi) is 3.48. The van der Waals surface area contributed by atoms with E-state index in [0.29, 0.717) is 0 Å². The predicted molar refractivity (Wildman–Crippen MR) is 79.4 cm³/mol. The molecule has 3 rings (SSSR count). The second-order valence-electron chi connectivity index (χ2n) is 4.27. The van der Waals surface area contributed by atoms with Crippen LogP contribution in [0.1, 0.15) is 0 Å². The summed E-state index contributed by atoms with van der Waals surface area (Å²) in [5.74, 6) is 0.743. The first-order valence-electron chi connectivity index (χ1n) is 6.19. The SMILES string of the molecule is COc1ccc2c([S@@](=O)c3ccccc3)ccnc2c1. The summed E-state index contributed by atoms with van der Waals surface area (Å²) in [6.07, 6.45) is 1.68. The number of aromatic nitrogens is 1. The van der Waals surface area contributed by atoms with E-state index in [1.807, 2.05) is 48.5 Å². The molecular weight excluding hydrogens is 270 g/mol. The van der Waals surface area contributed by atoms with E-state index in [1.54, 1.807) is 19.4 Å². The van der Waals surface area contributed by atoms with Gasteiger partial charge in [-0.05, 0) is 30.3 Å². The van der Waals surface area contributed by atoms with Crippen LogP contribution in [0.3, 0.4) is 0 Å². The number of pyridine rings is 1. The maximum absolute atomic E-state index is 12.7. The third-order valence-electron chi connectivity index (χ3n) is 3.07. The number of fused-ring (bicyclic) bond motifs is 1. The Labute approximate surface area is 119 Å². The highest BCUT2D eigenvalue weighted by Crippen LogP contribution is 2.26. The molecule has 2 aromatic carbocycles. The molecule has 4 heteroatoms. The molecule has 3 nitrogen and oxygen atoms in total. The van der Waals surface area contributed by atoms with Crippen molar-refractivity contribution in [3.8, 4) is 5.75 Å². The van der Waals surface area contributed by atoms with Gasteiger partial charge in [-0.2, -0.15) is 0 Å². The monoisotopic (exact) mass is 283 g/mol. The lowest BCUT2D eigenvalue weighted by Crippen LogP contribution is -1.95. The van der Waals surface area contributed by atoms with Crippen LogP contribution in [-0.2, 0) is 10.8 Å². The van der Waals surface area contributed by atoms with E-state index < -0.39 is 10.8 Å². The first-order valence-corrected chi connectivity index (χ1v) is 7.34. The molecule has 1 heterocycles. The van der Waals surface area contributed by atoms with E-state index in [0.717, 1.165) is 26.4 Å². The predicted octanol–water partition coefficient (Wildman–Crippen LogP) is 3.41. The highest BCUT2D eigenvalue weighted by molar-refractivity contribution is 7.85. The number of hydrogen-bond acceptors (Lipinski definition) is 3. The standard InChI is InChI=1S/C16H13NO2S/c1-19-12-7-8-14-15(11-12)17-10-9-16(14)20(18)13-5-3-2-4-6-13/h2-11H,1H3/t20-/m0/s1. The van der Waals surface area contributed by atoms with E-state index in [-0.39, 0.29) is 0 Å². The highest BCUT2D eigenvalue weighted by atomic mass is 32.2. The number of ether oxygens (including phenoxy) is 1. The van der Waals surface area contributed by atoms with Crippen LogP contribution in [0.5, 0.6) is 5.75 Å². The molecule has 1 atom stereocenters. The van der Waals surface area contributed by atoms with Gasteiger partial charge in [0.25, 0.3) is 0 Å². The smallest absolute Gasteiger partial charge is 0.121 e. The number of nitrogens with zero attached hydrogens (tertiary/aromatic N) is 1. The summed E-state index contributed by atoms with van der Waals surface area (Å²) >= 11 is 0. The second-order valence-corrected chi connectivity index (χ2v) is 5.72. The van der Waals surface area contributed by atoms with E-state index in [2.05, 4.69) is 4.98 Å². The van der Waals surface area contributed by atoms with Gasteiger partial charge in [0.1, 0.15) is 5.75 Å². The maximum atomic E-state index is 12.7. The summed E-state index contributed by atoms with van der Waals surface area (Å²) in [5, 5.41) is 0.885. The fourth-order valence-electron chi connectivity index (χ4n) is 2.06. The van der Waals surface area contributed by atoms with Crippen molar-refractivity contribution in [2.24, 2.45) is 0 Å². The Morgan fingerprint density at radius 3 is 2.60 bits per heavy atom. The summed E-state index contributed by atoms with van der Waals surface area (Å²) in [6.45, 7) is 0. The molecule has 0 bridgehead atoms. The van der Waals surface area contributed by atoms with Crippen LogP contribution in [0.4, 0.5) is 0 Å². The van der Waals surface area contributed by atoms with Crippen molar-refractivity contribution in [2.45, 2.75) is 9.79 Å². The summed E-state index contributed by atoms with van der Waals surface area (Å²) in [7, 11) is 0.407. The maximum Gasteiger partial charge on any atom is 0.121 e. The molecule has 0 fully saturated rings. The zero-order valence-corrected chi connectivity index (χ0v) is 11.8. The van der Waals surface area contributed by atoms with E-state index in [9.17, 15) is 4.21 Å². The van der Waals surface area contributed by atoms with Gasteiger partial charge in [-0.3, -0.25) is 4.98 Å². The van der Waals surface area contributed by atoms with Gasteiger partial charge in [0.2, 0.25) is 0 Å². The number of hydrogen-bond donors (Lipinski definition) is 0. The van der Waals surface area contributed by atoms with Crippen molar-refractivity contribution in [1.82, 2.24) is 4.98 Å². The average molecular weight is 283 g/mol. The minimum atomic E-state index is -1.21. The summed E-state index contributed by atoms with van der Waals surface area (Å²) in [5.41, 5.74) is 0.783. The van der Waals surface area contributed by atoms with Gasteiger partial charge >= 0.3 is 0 Å². The van der Waals surface area contributed by atoms with E-state index in [4.69, 9.17) is 4.74 Å². The first-order chi connectivity index (χ1) is 9.79. The van der Waals surface area contributed by atoms with Crippen LogP contribution in [0.15, 0.2) is 70.6 Å². The van der Waals surface area contributed by atoms with Crippen LogP contribution in [0.25, 0.3) is 10.9 Å². The van der Waals surface area contributed by atoms with Crippen molar-refractivity contribution < 1.29 is 8.95 Å². The zero-order valence-electron chi connectivity index (χ0n) is 10.9. The Morgan fingerprint density at radius 1 is 1.05 bits per heavy atom. The lowest BCUT2D eigenvalue weighted by molar-refractivity contribution is 0.415. The van der Waals surface area contributed by atoms with Gasteiger partial charge in [0, 0.05) is 22.5 Å². The van der Waals surface area contributed by atoms with Gasteiger partial charge in [-0.1, -0.05) is 18.2 Å². The quantitative estimate of drug-likeness (QED) is 0.739. The van der Waals surface area contributed by atoms with Crippen LogP contribution in [0.2, 0.25) is 0 Å². The molecule has 0 N–H and O–H groups in total. The van der Waals surface area contributed by atoms with Gasteiger partial charge < -0.3 is 4.74 Å². The number of methoxy groups -OCH3 is 1. The molecule has 0 aliphatic heterocycles. The Balaban J connectivity index is 2.15. The summed E-state index contributed by atoms with van der Waals surface area (Å²) < 4.78 is 17.9. The van der Waals surface area contributed by atoms with E-state index in [1.165, 1.54) is 0 Å². The van der Waals surface area contributed by atoms with Crippen molar-refractivity contribution in [1.29, 1.82) is 0 Å². The van der Waals surface area contributed by atoms with Crippen LogP contribution in [-0.4, -0.2) is 16.3 Å². The minimum absolute atomic E-state index is 0.743. The third-order valence-corrected chi connectivity index (χ3v) is 4.52. The first kappa shape index (κ1) is 12.8. The van der Waals surface area contributed by atoms with Gasteiger partial charge in [-0.25, -0.2) is 4.21 Å². The normalized spacial score (nSPS) is 12.2. The Morgan fingerprint density at radius 2 is 1.85 bits per heavy atom. The molecule has 0 saturated heterocycles. The minimum Gasteiger partial charge on any atom is -0.497 e. The molecule has 20 heavy (non-hydrogen) atoms. The fraction of sp³-hybridized carbons (Fsp3) is 0.0625. The molecule has 0 unspecified atom stereocenters. The van der Waals surface area contributed by atoms with Crippen LogP contribution < -0.4 is 4.74 Å². The van der Waals surface area contributed by atoms with Crippen molar-refractivity contribution >= 4 is 21.7 Å². The topological polar surface area (TPSA) is 39.2 Å². The van der Waals surface area contributed by atoms with E-state index >= 15 is 0 Å². The molecule has 0 aliphatic rings. The van der Waals surface area contributed by atoms with Crippen molar-refractivity contribution in [3.63, 3.8) is 0 Å². The summed E-state index contributed by atoms with van der Waals surface area (Å²) in [4.78, 5) is 5.87. The number of benzene rings is 2. The van der Waals surface area contributed by atoms with Crippen LogP contribution >= 0.6 is 0 Å². The molecular formula is C16H13NO2S. The lowest BCUT2D eigenvalue weighted by atomic mass is 10.2. The lowest BCUT2D eigenvalue weighted by Gasteiger charge is -2.07. The molecule has 0 aliphatic carbocycles. The average Bonchev–Trinajstić information content (AvgIpc) is 2.54. The molecule has 0 saturated carbocycles. The molecule has 3 aromatic rings. The molecule has 0 spiro atoms. The molecule has 1 aromatic heterocycles. The van der Waals surface area contributed by atoms with Gasteiger partial charge in [-0.15, -0.1) is 0 Å². The number of rotatable bonds is 3. The molecule has 0 amide bonds. The Hall–Kier alpha value is -2.20. The van der Waals surface area contributed by atoms with Crippen molar-refractivity contribution in [3.05, 3.63) is 60.8 Å². The third kappa shape index (κ3) is 2.30. The molecule has 100 valence electrons. The largest absolute Gasteiger partial charge is 0.497 e. The van der Waals surface area contributed by atoms with Gasteiger partial charge in [0.05, 0.1) is 28.3 Å².